The van der Waals surface area contributed by atoms with Crippen molar-refractivity contribution in [2.75, 3.05) is 20.8 Å². The molecule has 0 heterocycles. The van der Waals surface area contributed by atoms with Gasteiger partial charge in [0.25, 0.3) is 0 Å². The van der Waals surface area contributed by atoms with E-state index in [2.05, 4.69) is 0 Å². The van der Waals surface area contributed by atoms with Crippen LogP contribution >= 0.6 is 0 Å². The quantitative estimate of drug-likeness (QED) is 0.533. The van der Waals surface area contributed by atoms with Crippen molar-refractivity contribution in [1.29, 1.82) is 5.41 Å². The summed E-state index contributed by atoms with van der Waals surface area (Å²) in [6.45, 7) is 4.61. The number of nitrogens with two attached hydrogens (primary N) is 1. The Morgan fingerprint density at radius 1 is 1.47 bits per heavy atom. The molecule has 0 unspecified atom stereocenters. The zero-order chi connectivity index (χ0) is 14.6. The first kappa shape index (κ1) is 15.5. The minimum atomic E-state index is -0.322. The van der Waals surface area contributed by atoms with E-state index < -0.39 is 0 Å². The summed E-state index contributed by atoms with van der Waals surface area (Å²) >= 11 is 0. The van der Waals surface area contributed by atoms with Gasteiger partial charge in [0.15, 0.2) is 0 Å². The van der Waals surface area contributed by atoms with Gasteiger partial charge in [0.1, 0.15) is 11.6 Å². The molecule has 0 aliphatic rings. The largest absolute Gasteiger partial charge is 0.496 e. The molecular weight excluding hydrogens is 242 g/mol. The molecule has 0 aliphatic heterocycles. The number of aliphatic hydroxyl groups excluding tert-OH is 1. The Bertz CT molecular complexity index is 458. The molecule has 0 saturated carbocycles. The van der Waals surface area contributed by atoms with Crippen LogP contribution in [0.3, 0.4) is 0 Å². The second-order valence-electron chi connectivity index (χ2n) is 5.27. The van der Waals surface area contributed by atoms with Crippen LogP contribution in [-0.4, -0.2) is 42.1 Å². The monoisotopic (exact) mass is 265 g/mol. The third-order valence-electron chi connectivity index (χ3n) is 3.42. The second-order valence-corrected chi connectivity index (χ2v) is 5.27. The van der Waals surface area contributed by atoms with Crippen LogP contribution < -0.4 is 10.5 Å². The van der Waals surface area contributed by atoms with E-state index in [0.29, 0.717) is 12.1 Å². The third-order valence-corrected chi connectivity index (χ3v) is 3.42. The first-order chi connectivity index (χ1) is 8.81. The van der Waals surface area contributed by atoms with E-state index in [-0.39, 0.29) is 18.0 Å². The van der Waals surface area contributed by atoms with Gasteiger partial charge >= 0.3 is 0 Å². The van der Waals surface area contributed by atoms with Crippen molar-refractivity contribution in [2.24, 2.45) is 5.73 Å². The molecule has 1 aromatic carbocycles. The highest BCUT2D eigenvalue weighted by Gasteiger charge is 2.23. The second kappa shape index (κ2) is 6.04. The van der Waals surface area contributed by atoms with E-state index in [9.17, 15) is 5.11 Å². The Labute approximate surface area is 114 Å². The normalized spacial score (nSPS) is 11.7. The molecule has 0 bridgehead atoms. The van der Waals surface area contributed by atoms with E-state index in [1.807, 2.05) is 37.9 Å². The SMILES string of the molecule is COc1ccc(C(=N)N)cc1CN(C)C(C)(C)CO. The zero-order valence-electron chi connectivity index (χ0n) is 12.0. The molecular formula is C14H23N3O2. The van der Waals surface area contributed by atoms with Gasteiger partial charge in [0.05, 0.1) is 13.7 Å². The summed E-state index contributed by atoms with van der Waals surface area (Å²) in [7, 11) is 3.56. The van der Waals surface area contributed by atoms with Gasteiger partial charge in [-0.1, -0.05) is 0 Å². The fourth-order valence-electron chi connectivity index (χ4n) is 1.66. The Morgan fingerprint density at radius 3 is 2.58 bits per heavy atom. The molecule has 0 atom stereocenters. The number of nitrogens with one attached hydrogen (secondary N) is 1. The molecule has 0 radical (unpaired) electrons. The maximum Gasteiger partial charge on any atom is 0.123 e. The topological polar surface area (TPSA) is 82.6 Å². The lowest BCUT2D eigenvalue weighted by atomic mass is 10.0. The molecule has 0 spiro atoms. The van der Waals surface area contributed by atoms with Crippen LogP contribution in [0.15, 0.2) is 18.2 Å². The zero-order valence-corrected chi connectivity index (χ0v) is 12.0. The van der Waals surface area contributed by atoms with Crippen LogP contribution in [0.5, 0.6) is 5.75 Å². The Hall–Kier alpha value is -1.59. The molecule has 0 amide bonds. The van der Waals surface area contributed by atoms with E-state index in [4.69, 9.17) is 15.9 Å². The van der Waals surface area contributed by atoms with Gasteiger partial charge in [-0.05, 0) is 39.1 Å². The van der Waals surface area contributed by atoms with Crippen LogP contribution in [-0.2, 0) is 6.54 Å². The van der Waals surface area contributed by atoms with Gasteiger partial charge in [-0.3, -0.25) is 10.3 Å². The van der Waals surface area contributed by atoms with Gasteiger partial charge in [-0.2, -0.15) is 0 Å². The van der Waals surface area contributed by atoms with Crippen LogP contribution in [0.25, 0.3) is 0 Å². The molecule has 106 valence electrons. The smallest absolute Gasteiger partial charge is 0.123 e. The molecule has 4 N–H and O–H groups in total. The first-order valence-electron chi connectivity index (χ1n) is 6.15. The molecule has 0 saturated heterocycles. The van der Waals surface area contributed by atoms with E-state index in [1.165, 1.54) is 0 Å². The number of methoxy groups -OCH3 is 1. The lowest BCUT2D eigenvalue weighted by Gasteiger charge is -2.34. The number of likely N-dealkylation sites (N-methyl/N-ethyl adjacent to an activating group) is 1. The van der Waals surface area contributed by atoms with Crippen molar-refractivity contribution in [3.05, 3.63) is 29.3 Å². The predicted octanol–water partition coefficient (Wildman–Crippen LogP) is 1.18. The van der Waals surface area contributed by atoms with Crippen molar-refractivity contribution in [3.63, 3.8) is 0 Å². The van der Waals surface area contributed by atoms with Crippen LogP contribution in [0.1, 0.15) is 25.0 Å². The highest BCUT2D eigenvalue weighted by molar-refractivity contribution is 5.95. The molecule has 19 heavy (non-hydrogen) atoms. The average molecular weight is 265 g/mol. The first-order valence-corrected chi connectivity index (χ1v) is 6.15. The fourth-order valence-corrected chi connectivity index (χ4v) is 1.66. The highest BCUT2D eigenvalue weighted by Crippen LogP contribution is 2.24. The van der Waals surface area contributed by atoms with Gasteiger partial charge in [-0.25, -0.2) is 0 Å². The third kappa shape index (κ3) is 3.68. The van der Waals surface area contributed by atoms with Crippen molar-refractivity contribution in [2.45, 2.75) is 25.9 Å². The van der Waals surface area contributed by atoms with E-state index >= 15 is 0 Å². The van der Waals surface area contributed by atoms with Crippen molar-refractivity contribution < 1.29 is 9.84 Å². The molecule has 0 fully saturated rings. The molecule has 0 aromatic heterocycles. The number of rotatable bonds is 6. The summed E-state index contributed by atoms with van der Waals surface area (Å²) in [6, 6.07) is 5.43. The summed E-state index contributed by atoms with van der Waals surface area (Å²) in [5.41, 5.74) is 6.80. The minimum absolute atomic E-state index is 0.0352. The fraction of sp³-hybridized carbons (Fsp3) is 0.500. The number of aliphatic hydroxyl groups is 1. The summed E-state index contributed by atoms with van der Waals surface area (Å²) in [5.74, 6) is 0.790. The van der Waals surface area contributed by atoms with Crippen molar-refractivity contribution in [1.82, 2.24) is 4.90 Å². The Balaban J connectivity index is 3.04. The summed E-state index contributed by atoms with van der Waals surface area (Å²) in [5, 5.41) is 16.9. The van der Waals surface area contributed by atoms with E-state index in [1.54, 1.807) is 13.2 Å². The number of ether oxygens (including phenoxy) is 1. The lowest BCUT2D eigenvalue weighted by molar-refractivity contribution is 0.0728. The van der Waals surface area contributed by atoms with Crippen LogP contribution in [0.2, 0.25) is 0 Å². The Morgan fingerprint density at radius 2 is 2.11 bits per heavy atom. The van der Waals surface area contributed by atoms with Gasteiger partial charge in [0, 0.05) is 23.2 Å². The standard InChI is InChI=1S/C14H23N3O2/c1-14(2,9-18)17(3)8-11-7-10(13(15)16)5-6-12(11)19-4/h5-7,18H,8-9H2,1-4H3,(H3,15,16). The van der Waals surface area contributed by atoms with Crippen LogP contribution in [0.4, 0.5) is 0 Å². The minimum Gasteiger partial charge on any atom is -0.496 e. The molecule has 5 nitrogen and oxygen atoms in total. The van der Waals surface area contributed by atoms with Gasteiger partial charge in [-0.15, -0.1) is 0 Å². The molecule has 5 heteroatoms. The van der Waals surface area contributed by atoms with Crippen molar-refractivity contribution in [3.8, 4) is 5.75 Å². The number of nitrogens with zero attached hydrogens (tertiary/aromatic N) is 1. The number of hydrogen-bond donors (Lipinski definition) is 3. The van der Waals surface area contributed by atoms with Crippen molar-refractivity contribution >= 4 is 5.84 Å². The number of benzene rings is 1. The Kier molecular flexibility index (Phi) is 4.91. The molecule has 0 aliphatic carbocycles. The van der Waals surface area contributed by atoms with Crippen LogP contribution in [0, 0.1) is 5.41 Å². The highest BCUT2D eigenvalue weighted by atomic mass is 16.5. The number of hydrogen-bond acceptors (Lipinski definition) is 4. The predicted molar refractivity (Wildman–Crippen MR) is 76.6 cm³/mol. The summed E-state index contributed by atoms with van der Waals surface area (Å²) in [4.78, 5) is 2.04. The van der Waals surface area contributed by atoms with Gasteiger partial charge < -0.3 is 15.6 Å². The lowest BCUT2D eigenvalue weighted by Crippen LogP contribution is -2.43. The maximum atomic E-state index is 9.38. The van der Waals surface area contributed by atoms with E-state index in [0.717, 1.165) is 11.3 Å². The molecule has 1 rings (SSSR count). The average Bonchev–Trinajstić information content (AvgIpc) is 2.38. The molecule has 1 aromatic rings. The summed E-state index contributed by atoms with van der Waals surface area (Å²) < 4.78 is 5.33. The number of nitrogen functional groups attached to an aromatic ring is 1. The maximum absolute atomic E-state index is 9.38. The summed E-state index contributed by atoms with van der Waals surface area (Å²) in [6.07, 6.45) is 0. The number of amidine groups is 1. The van der Waals surface area contributed by atoms with Gasteiger partial charge in [0.2, 0.25) is 0 Å².